The normalized spacial score (nSPS) is 15.3. The molecule has 0 radical (unpaired) electrons. The maximum Gasteiger partial charge on any atom is 0.326 e. The first-order valence-electron chi connectivity index (χ1n) is 9.69. The van der Waals surface area contributed by atoms with Crippen molar-refractivity contribution in [2.45, 2.75) is 13.5 Å². The van der Waals surface area contributed by atoms with Gasteiger partial charge in [-0.15, -0.1) is 0 Å². The first kappa shape index (κ1) is 20.9. The molecule has 0 unspecified atom stereocenters. The number of imide groups is 1. The van der Waals surface area contributed by atoms with Gasteiger partial charge < -0.3 is 9.30 Å². The number of fused-ring (bicyclic) bond motifs is 1. The van der Waals surface area contributed by atoms with Gasteiger partial charge in [-0.25, -0.2) is 4.39 Å². The van der Waals surface area contributed by atoms with Gasteiger partial charge in [0, 0.05) is 29.2 Å². The zero-order valence-electron chi connectivity index (χ0n) is 16.7. The van der Waals surface area contributed by atoms with Crippen LogP contribution in [0.4, 0.5) is 9.18 Å². The van der Waals surface area contributed by atoms with Gasteiger partial charge in [0.25, 0.3) is 11.1 Å². The highest BCUT2D eigenvalue weighted by molar-refractivity contribution is 8.18. The molecule has 0 aliphatic carbocycles. The van der Waals surface area contributed by atoms with Gasteiger partial charge in [0.05, 0.1) is 11.5 Å². The van der Waals surface area contributed by atoms with Crippen molar-refractivity contribution in [3.63, 3.8) is 0 Å². The molecule has 2 heterocycles. The van der Waals surface area contributed by atoms with Gasteiger partial charge in [-0.3, -0.25) is 19.3 Å². The number of rotatable bonds is 6. The molecule has 158 valence electrons. The number of hydrogen-bond donors (Lipinski definition) is 0. The van der Waals surface area contributed by atoms with Crippen LogP contribution >= 0.6 is 11.8 Å². The lowest BCUT2D eigenvalue weighted by Gasteiger charge is -2.10. The molecule has 0 spiro atoms. The smallest absolute Gasteiger partial charge is 0.326 e. The second-order valence-corrected chi connectivity index (χ2v) is 7.92. The summed E-state index contributed by atoms with van der Waals surface area (Å²) in [6, 6.07) is 14.0. The summed E-state index contributed by atoms with van der Waals surface area (Å²) in [5, 5.41) is 0.418. The van der Waals surface area contributed by atoms with E-state index in [0.717, 1.165) is 38.7 Å². The lowest BCUT2D eigenvalue weighted by molar-refractivity contribution is -0.145. The molecule has 0 saturated carbocycles. The van der Waals surface area contributed by atoms with Crippen LogP contribution in [0.15, 0.2) is 59.6 Å². The first-order chi connectivity index (χ1) is 15.0. The highest BCUT2D eigenvalue weighted by Gasteiger charge is 2.36. The van der Waals surface area contributed by atoms with E-state index >= 15 is 0 Å². The maximum absolute atomic E-state index is 13.2. The quantitative estimate of drug-likeness (QED) is 0.421. The highest BCUT2D eigenvalue weighted by atomic mass is 32.2. The maximum atomic E-state index is 13.2. The summed E-state index contributed by atoms with van der Waals surface area (Å²) in [7, 11) is 0. The summed E-state index contributed by atoms with van der Waals surface area (Å²) in [5.74, 6) is -1.43. The lowest BCUT2D eigenvalue weighted by atomic mass is 10.1. The summed E-state index contributed by atoms with van der Waals surface area (Å²) in [6.07, 6.45) is 3.56. The molecule has 1 aromatic heterocycles. The minimum atomic E-state index is -0.623. The SMILES string of the molecule is CCOC(=O)CN1C(=O)S/C(=C/c2cn(Cc3ccc(F)cc3)c3ccccc23)C1=O. The predicted molar refractivity (Wildman–Crippen MR) is 117 cm³/mol. The van der Waals surface area contributed by atoms with E-state index in [9.17, 15) is 18.8 Å². The molecule has 1 aliphatic rings. The van der Waals surface area contributed by atoms with E-state index in [1.807, 2.05) is 35.0 Å². The summed E-state index contributed by atoms with van der Waals surface area (Å²) in [5.41, 5.74) is 2.66. The van der Waals surface area contributed by atoms with E-state index in [4.69, 9.17) is 4.74 Å². The summed E-state index contributed by atoms with van der Waals surface area (Å²) in [4.78, 5) is 37.8. The molecular weight excluding hydrogens is 419 g/mol. The number of benzene rings is 2. The van der Waals surface area contributed by atoms with Crippen molar-refractivity contribution >= 4 is 45.9 Å². The van der Waals surface area contributed by atoms with Crippen LogP contribution in [-0.2, 0) is 20.9 Å². The van der Waals surface area contributed by atoms with Crippen LogP contribution in [0.1, 0.15) is 18.1 Å². The van der Waals surface area contributed by atoms with Crippen LogP contribution in [0.2, 0.25) is 0 Å². The van der Waals surface area contributed by atoms with Crippen LogP contribution in [0.3, 0.4) is 0 Å². The number of amides is 2. The molecule has 3 aromatic rings. The molecule has 1 saturated heterocycles. The molecule has 0 atom stereocenters. The average Bonchev–Trinajstić information content (AvgIpc) is 3.22. The van der Waals surface area contributed by atoms with Gasteiger partial charge in [0.1, 0.15) is 12.4 Å². The average molecular weight is 438 g/mol. The summed E-state index contributed by atoms with van der Waals surface area (Å²) >= 11 is 0.800. The van der Waals surface area contributed by atoms with Crippen molar-refractivity contribution in [3.8, 4) is 0 Å². The zero-order chi connectivity index (χ0) is 22.0. The van der Waals surface area contributed by atoms with Gasteiger partial charge >= 0.3 is 5.97 Å². The highest BCUT2D eigenvalue weighted by Crippen LogP contribution is 2.34. The van der Waals surface area contributed by atoms with E-state index in [0.29, 0.717) is 6.54 Å². The van der Waals surface area contributed by atoms with Gasteiger partial charge in [-0.05, 0) is 48.5 Å². The molecular formula is C23H19FN2O4S. The number of carbonyl (C=O) groups excluding carboxylic acids is 3. The molecule has 2 aromatic carbocycles. The Bertz CT molecular complexity index is 1200. The molecule has 4 rings (SSSR count). The van der Waals surface area contributed by atoms with E-state index in [2.05, 4.69) is 0 Å². The van der Waals surface area contributed by atoms with Gasteiger partial charge in [0.15, 0.2) is 0 Å². The van der Waals surface area contributed by atoms with Gasteiger partial charge in [-0.2, -0.15) is 0 Å². The number of nitrogens with zero attached hydrogens (tertiary/aromatic N) is 2. The van der Waals surface area contributed by atoms with E-state index in [-0.39, 0.29) is 17.3 Å². The Labute approximate surface area is 182 Å². The second-order valence-electron chi connectivity index (χ2n) is 6.93. The molecule has 2 amide bonds. The Hall–Kier alpha value is -3.39. The molecule has 8 heteroatoms. The molecule has 0 bridgehead atoms. The number of hydrogen-bond acceptors (Lipinski definition) is 5. The Kier molecular flexibility index (Phi) is 5.90. The van der Waals surface area contributed by atoms with Gasteiger partial charge in [0.2, 0.25) is 0 Å². The fourth-order valence-electron chi connectivity index (χ4n) is 3.42. The Morgan fingerprint density at radius 3 is 2.61 bits per heavy atom. The third kappa shape index (κ3) is 4.39. The number of para-hydroxylation sites is 1. The summed E-state index contributed by atoms with van der Waals surface area (Å²) < 4.78 is 20.1. The fourth-order valence-corrected chi connectivity index (χ4v) is 4.25. The van der Waals surface area contributed by atoms with Crippen molar-refractivity contribution < 1.29 is 23.5 Å². The topological polar surface area (TPSA) is 68.6 Å². The number of halogens is 1. The number of ether oxygens (including phenoxy) is 1. The largest absolute Gasteiger partial charge is 0.465 e. The van der Waals surface area contributed by atoms with Crippen LogP contribution < -0.4 is 0 Å². The third-order valence-electron chi connectivity index (χ3n) is 4.84. The summed E-state index contributed by atoms with van der Waals surface area (Å²) in [6.45, 7) is 1.97. The van der Waals surface area contributed by atoms with E-state index in [1.165, 1.54) is 12.1 Å². The number of aromatic nitrogens is 1. The molecule has 1 fully saturated rings. The third-order valence-corrected chi connectivity index (χ3v) is 5.75. The standard InChI is InChI=1S/C23H19FN2O4S/c1-2-30-21(27)14-26-22(28)20(31-23(26)29)11-16-13-25(19-6-4-3-5-18(16)19)12-15-7-9-17(24)10-8-15/h3-11,13H,2,12,14H2,1H3/b20-11+. The van der Waals surface area contributed by atoms with Crippen LogP contribution in [0, 0.1) is 5.82 Å². The van der Waals surface area contributed by atoms with Gasteiger partial charge in [-0.1, -0.05) is 30.3 Å². The van der Waals surface area contributed by atoms with Crippen molar-refractivity contribution in [1.82, 2.24) is 9.47 Å². The predicted octanol–water partition coefficient (Wildman–Crippen LogP) is 4.43. The zero-order valence-corrected chi connectivity index (χ0v) is 17.5. The lowest BCUT2D eigenvalue weighted by Crippen LogP contribution is -2.34. The van der Waals surface area contributed by atoms with Crippen molar-refractivity contribution in [1.29, 1.82) is 0 Å². The van der Waals surface area contributed by atoms with Crippen molar-refractivity contribution in [2.24, 2.45) is 0 Å². The minimum absolute atomic E-state index is 0.179. The van der Waals surface area contributed by atoms with Crippen molar-refractivity contribution in [3.05, 3.63) is 76.6 Å². The van der Waals surface area contributed by atoms with E-state index in [1.54, 1.807) is 25.1 Å². The molecule has 6 nitrogen and oxygen atoms in total. The first-order valence-corrected chi connectivity index (χ1v) is 10.5. The molecule has 0 N–H and O–H groups in total. The Morgan fingerprint density at radius 1 is 1.13 bits per heavy atom. The van der Waals surface area contributed by atoms with Crippen LogP contribution in [0.5, 0.6) is 0 Å². The van der Waals surface area contributed by atoms with Crippen LogP contribution in [-0.4, -0.2) is 39.7 Å². The molecule has 31 heavy (non-hydrogen) atoms. The Morgan fingerprint density at radius 2 is 1.87 bits per heavy atom. The van der Waals surface area contributed by atoms with Crippen LogP contribution in [0.25, 0.3) is 17.0 Å². The Balaban J connectivity index is 1.65. The minimum Gasteiger partial charge on any atom is -0.465 e. The van der Waals surface area contributed by atoms with Crippen molar-refractivity contribution in [2.75, 3.05) is 13.2 Å². The number of carbonyl (C=O) groups is 3. The van der Waals surface area contributed by atoms with E-state index < -0.39 is 23.7 Å². The second kappa shape index (κ2) is 8.77. The monoisotopic (exact) mass is 438 g/mol. The molecule has 1 aliphatic heterocycles. The fraction of sp³-hybridized carbons (Fsp3) is 0.174. The number of thioether (sulfide) groups is 1. The number of esters is 1.